The van der Waals surface area contributed by atoms with Crippen molar-refractivity contribution in [1.29, 1.82) is 0 Å². The lowest BCUT2D eigenvalue weighted by atomic mass is 10.0. The second-order valence-electron chi connectivity index (χ2n) is 7.65. The second-order valence-corrected chi connectivity index (χ2v) is 7.65. The number of anilines is 1. The molecule has 1 amide bonds. The minimum atomic E-state index is -0.447. The summed E-state index contributed by atoms with van der Waals surface area (Å²) < 4.78 is 5.98. The number of carbonyl (C=O) groups is 1. The molecule has 0 saturated carbocycles. The number of amides is 1. The van der Waals surface area contributed by atoms with Crippen LogP contribution >= 0.6 is 0 Å². The standard InChI is InChI=1S/C24H32N2O2/c1-4-22(28-23-13-12-18(2)17-19(23)3)24(27)25-14-8-16-26-15-7-10-20-9-5-6-11-21(20)26/h5-6,9,11-13,17,22H,4,7-8,10,14-16H2,1-3H3,(H,25,27)/t22-/m0/s1. The summed E-state index contributed by atoms with van der Waals surface area (Å²) in [5, 5.41) is 3.06. The van der Waals surface area contributed by atoms with Gasteiger partial charge in [-0.15, -0.1) is 0 Å². The molecule has 1 atom stereocenters. The molecule has 0 aliphatic carbocycles. The lowest BCUT2D eigenvalue weighted by Crippen LogP contribution is -2.39. The third-order valence-corrected chi connectivity index (χ3v) is 5.37. The third-order valence-electron chi connectivity index (χ3n) is 5.37. The van der Waals surface area contributed by atoms with E-state index in [1.165, 1.54) is 23.2 Å². The molecule has 150 valence electrons. The zero-order chi connectivity index (χ0) is 19.9. The average Bonchev–Trinajstić information content (AvgIpc) is 2.70. The summed E-state index contributed by atoms with van der Waals surface area (Å²) in [6.45, 7) is 8.79. The number of fused-ring (bicyclic) bond motifs is 1. The molecule has 0 bridgehead atoms. The van der Waals surface area contributed by atoms with Crippen LogP contribution in [-0.4, -0.2) is 31.6 Å². The Kier molecular flexibility index (Phi) is 6.96. The fourth-order valence-electron chi connectivity index (χ4n) is 3.85. The van der Waals surface area contributed by atoms with Crippen LogP contribution in [0.5, 0.6) is 5.75 Å². The van der Waals surface area contributed by atoms with Crippen LogP contribution in [0.3, 0.4) is 0 Å². The van der Waals surface area contributed by atoms with Crippen LogP contribution in [-0.2, 0) is 11.2 Å². The van der Waals surface area contributed by atoms with E-state index in [0.29, 0.717) is 13.0 Å². The van der Waals surface area contributed by atoms with E-state index in [2.05, 4.69) is 47.5 Å². The van der Waals surface area contributed by atoms with Gasteiger partial charge in [0.25, 0.3) is 5.91 Å². The van der Waals surface area contributed by atoms with Crippen molar-refractivity contribution in [2.75, 3.05) is 24.5 Å². The number of carbonyl (C=O) groups excluding carboxylic acids is 1. The van der Waals surface area contributed by atoms with E-state index >= 15 is 0 Å². The molecule has 0 fully saturated rings. The summed E-state index contributed by atoms with van der Waals surface area (Å²) in [6, 6.07) is 14.7. The van der Waals surface area contributed by atoms with E-state index < -0.39 is 6.10 Å². The first-order valence-corrected chi connectivity index (χ1v) is 10.4. The van der Waals surface area contributed by atoms with Crippen LogP contribution in [0.4, 0.5) is 5.69 Å². The summed E-state index contributed by atoms with van der Waals surface area (Å²) in [4.78, 5) is 15.0. The number of benzene rings is 2. The van der Waals surface area contributed by atoms with Crippen LogP contribution in [0.25, 0.3) is 0 Å². The lowest BCUT2D eigenvalue weighted by Gasteiger charge is -2.31. The van der Waals surface area contributed by atoms with Crippen LogP contribution in [0, 0.1) is 13.8 Å². The molecule has 1 aliphatic rings. The Morgan fingerprint density at radius 3 is 2.82 bits per heavy atom. The SMILES string of the molecule is CC[C@H](Oc1ccc(C)cc1C)C(=O)NCCCN1CCCc2ccccc21. The Labute approximate surface area is 168 Å². The van der Waals surface area contributed by atoms with Crippen molar-refractivity contribution in [3.8, 4) is 5.75 Å². The maximum absolute atomic E-state index is 12.6. The predicted molar refractivity (Wildman–Crippen MR) is 115 cm³/mol. The fourth-order valence-corrected chi connectivity index (χ4v) is 3.85. The molecule has 2 aromatic carbocycles. The summed E-state index contributed by atoms with van der Waals surface area (Å²) in [7, 11) is 0. The van der Waals surface area contributed by atoms with Gasteiger partial charge in [0.1, 0.15) is 5.75 Å². The molecule has 0 unspecified atom stereocenters. The molecule has 28 heavy (non-hydrogen) atoms. The van der Waals surface area contributed by atoms with Gasteiger partial charge in [0.05, 0.1) is 0 Å². The van der Waals surface area contributed by atoms with Crippen molar-refractivity contribution < 1.29 is 9.53 Å². The molecule has 1 N–H and O–H groups in total. The third kappa shape index (κ3) is 5.06. The number of hydrogen-bond acceptors (Lipinski definition) is 3. The van der Waals surface area contributed by atoms with E-state index in [0.717, 1.165) is 37.2 Å². The largest absolute Gasteiger partial charge is 0.480 e. The summed E-state index contributed by atoms with van der Waals surface area (Å²) in [5.74, 6) is 0.763. The van der Waals surface area contributed by atoms with Crippen LogP contribution in [0.15, 0.2) is 42.5 Å². The van der Waals surface area contributed by atoms with Gasteiger partial charge < -0.3 is 15.0 Å². The number of ether oxygens (including phenoxy) is 1. The maximum atomic E-state index is 12.6. The summed E-state index contributed by atoms with van der Waals surface area (Å²) in [5.41, 5.74) is 5.05. The van der Waals surface area contributed by atoms with Gasteiger partial charge in [0, 0.05) is 25.3 Å². The van der Waals surface area contributed by atoms with Crippen molar-refractivity contribution in [3.05, 3.63) is 59.2 Å². The minimum absolute atomic E-state index is 0.0264. The highest BCUT2D eigenvalue weighted by molar-refractivity contribution is 5.81. The van der Waals surface area contributed by atoms with E-state index in [1.807, 2.05) is 26.0 Å². The minimum Gasteiger partial charge on any atom is -0.480 e. The highest BCUT2D eigenvalue weighted by Crippen LogP contribution is 2.26. The average molecular weight is 381 g/mol. The normalized spacial score (nSPS) is 14.3. The molecule has 1 heterocycles. The van der Waals surface area contributed by atoms with E-state index in [9.17, 15) is 4.79 Å². The van der Waals surface area contributed by atoms with Gasteiger partial charge in [-0.2, -0.15) is 0 Å². The lowest BCUT2D eigenvalue weighted by molar-refractivity contribution is -0.128. The van der Waals surface area contributed by atoms with Crippen molar-refractivity contribution in [2.45, 2.75) is 52.6 Å². The molecule has 3 rings (SSSR count). The van der Waals surface area contributed by atoms with Gasteiger partial charge in [-0.25, -0.2) is 0 Å². The molecule has 1 aliphatic heterocycles. The molecule has 4 heteroatoms. The van der Waals surface area contributed by atoms with Crippen molar-refractivity contribution in [1.82, 2.24) is 5.32 Å². The first kappa shape index (κ1) is 20.2. The van der Waals surface area contributed by atoms with Crippen molar-refractivity contribution in [2.24, 2.45) is 0 Å². The van der Waals surface area contributed by atoms with E-state index in [1.54, 1.807) is 0 Å². The number of aryl methyl sites for hydroxylation is 3. The second kappa shape index (κ2) is 9.63. The number of hydrogen-bond donors (Lipinski definition) is 1. The number of para-hydroxylation sites is 1. The van der Waals surface area contributed by atoms with Gasteiger partial charge in [-0.1, -0.05) is 42.8 Å². The Morgan fingerprint density at radius 1 is 1.21 bits per heavy atom. The van der Waals surface area contributed by atoms with E-state index in [-0.39, 0.29) is 5.91 Å². The molecule has 0 radical (unpaired) electrons. The number of nitrogens with one attached hydrogen (secondary N) is 1. The quantitative estimate of drug-likeness (QED) is 0.689. The predicted octanol–water partition coefficient (Wildman–Crippen LogP) is 4.42. The fraction of sp³-hybridized carbons (Fsp3) is 0.458. The molecule has 0 aromatic heterocycles. The Hall–Kier alpha value is -2.49. The number of nitrogens with zero attached hydrogens (tertiary/aromatic N) is 1. The molecule has 0 saturated heterocycles. The topological polar surface area (TPSA) is 41.6 Å². The van der Waals surface area contributed by atoms with E-state index in [4.69, 9.17) is 4.74 Å². The number of rotatable bonds is 8. The Bertz CT molecular complexity index is 803. The van der Waals surface area contributed by atoms with Gasteiger partial charge in [-0.3, -0.25) is 4.79 Å². The van der Waals surface area contributed by atoms with Crippen LogP contribution < -0.4 is 15.0 Å². The Balaban J connectivity index is 1.47. The highest BCUT2D eigenvalue weighted by atomic mass is 16.5. The molecule has 0 spiro atoms. The van der Waals surface area contributed by atoms with Crippen molar-refractivity contribution >= 4 is 11.6 Å². The summed E-state index contributed by atoms with van der Waals surface area (Å²) >= 11 is 0. The maximum Gasteiger partial charge on any atom is 0.261 e. The smallest absolute Gasteiger partial charge is 0.261 e. The zero-order valence-corrected chi connectivity index (χ0v) is 17.3. The highest BCUT2D eigenvalue weighted by Gasteiger charge is 2.19. The van der Waals surface area contributed by atoms with Crippen LogP contribution in [0.1, 0.15) is 42.9 Å². The van der Waals surface area contributed by atoms with Gasteiger partial charge in [0.15, 0.2) is 6.10 Å². The molecular formula is C24H32N2O2. The molecule has 2 aromatic rings. The summed E-state index contributed by atoms with van der Waals surface area (Å²) in [6.07, 6.45) is 3.50. The Morgan fingerprint density at radius 2 is 2.04 bits per heavy atom. The van der Waals surface area contributed by atoms with Crippen molar-refractivity contribution in [3.63, 3.8) is 0 Å². The first-order valence-electron chi connectivity index (χ1n) is 10.4. The first-order chi connectivity index (χ1) is 13.6. The monoisotopic (exact) mass is 380 g/mol. The molecule has 4 nitrogen and oxygen atoms in total. The van der Waals surface area contributed by atoms with Gasteiger partial charge >= 0.3 is 0 Å². The molecular weight excluding hydrogens is 348 g/mol. The zero-order valence-electron chi connectivity index (χ0n) is 17.3. The van der Waals surface area contributed by atoms with Crippen LogP contribution in [0.2, 0.25) is 0 Å². The van der Waals surface area contributed by atoms with Gasteiger partial charge in [0.2, 0.25) is 0 Å². The van der Waals surface area contributed by atoms with Gasteiger partial charge in [-0.05, 0) is 62.8 Å².